The van der Waals surface area contributed by atoms with E-state index in [0.717, 1.165) is 0 Å². The minimum absolute atomic E-state index is 0. The highest BCUT2D eigenvalue weighted by Crippen LogP contribution is 2.74. The Morgan fingerprint density at radius 3 is 2.41 bits per heavy atom. The summed E-state index contributed by atoms with van der Waals surface area (Å²) in [6, 6.07) is -0.426. The Labute approximate surface area is 132 Å². The highest BCUT2D eigenvalue weighted by atomic mass is 35.5. The molecule has 0 aromatic heterocycles. The maximum atomic E-state index is 11.9. The molecule has 2 aliphatic carbocycles. The van der Waals surface area contributed by atoms with E-state index in [9.17, 15) is 29.7 Å². The first-order valence-electron chi connectivity index (χ1n) is 7.00. The molecule has 0 spiro atoms. The van der Waals surface area contributed by atoms with Crippen LogP contribution < -0.4 is 10.6 Å². The zero-order valence-corrected chi connectivity index (χ0v) is 12.5. The molecular formula is C13H19ClN2O6. The highest BCUT2D eigenvalue weighted by Gasteiger charge is 2.85. The van der Waals surface area contributed by atoms with Gasteiger partial charge in [-0.1, -0.05) is 0 Å². The van der Waals surface area contributed by atoms with Gasteiger partial charge in [-0.2, -0.15) is 0 Å². The molecule has 22 heavy (non-hydrogen) atoms. The van der Waals surface area contributed by atoms with Crippen LogP contribution in [0.4, 0.5) is 0 Å². The molecular weight excluding hydrogens is 316 g/mol. The zero-order valence-electron chi connectivity index (χ0n) is 11.7. The Morgan fingerprint density at radius 1 is 1.32 bits per heavy atom. The summed E-state index contributed by atoms with van der Waals surface area (Å²) in [7, 11) is 0. The summed E-state index contributed by atoms with van der Waals surface area (Å²) in [5.74, 6) is -3.34. The second kappa shape index (κ2) is 5.36. The minimum atomic E-state index is -1.58. The number of carboxylic acids is 2. The molecule has 0 bridgehead atoms. The van der Waals surface area contributed by atoms with Crippen molar-refractivity contribution in [3.8, 4) is 0 Å². The molecule has 2 saturated carbocycles. The second-order valence-electron chi connectivity index (χ2n) is 6.22. The molecule has 9 heteroatoms. The maximum absolute atomic E-state index is 11.9. The Hall–Kier alpha value is -1.38. The van der Waals surface area contributed by atoms with Crippen LogP contribution in [0.25, 0.3) is 0 Å². The third-order valence-electron chi connectivity index (χ3n) is 5.61. The fourth-order valence-electron chi connectivity index (χ4n) is 4.94. The first-order valence-corrected chi connectivity index (χ1v) is 7.00. The fraction of sp³-hybridized carbons (Fsp3) is 0.769. The van der Waals surface area contributed by atoms with Crippen LogP contribution in [0.2, 0.25) is 0 Å². The Balaban J connectivity index is 0.00000176. The molecule has 124 valence electrons. The molecule has 3 aliphatic rings. The van der Waals surface area contributed by atoms with Crippen molar-refractivity contribution >= 4 is 30.8 Å². The van der Waals surface area contributed by atoms with E-state index in [0.29, 0.717) is 25.8 Å². The van der Waals surface area contributed by atoms with Gasteiger partial charge in [0.1, 0.15) is 5.54 Å². The van der Waals surface area contributed by atoms with Crippen LogP contribution in [0.1, 0.15) is 19.3 Å². The van der Waals surface area contributed by atoms with Crippen molar-refractivity contribution in [1.29, 1.82) is 0 Å². The number of amides is 1. The van der Waals surface area contributed by atoms with Gasteiger partial charge in [-0.25, -0.2) is 4.79 Å². The topological polar surface area (TPSA) is 136 Å². The Kier molecular flexibility index (Phi) is 4.14. The molecule has 1 amide bonds. The fourth-order valence-corrected chi connectivity index (χ4v) is 4.94. The van der Waals surface area contributed by atoms with Crippen LogP contribution in [0.15, 0.2) is 0 Å². The monoisotopic (exact) mass is 334 g/mol. The van der Waals surface area contributed by atoms with E-state index in [1.165, 1.54) is 0 Å². The van der Waals surface area contributed by atoms with Crippen molar-refractivity contribution in [2.45, 2.75) is 36.9 Å². The third-order valence-corrected chi connectivity index (χ3v) is 5.61. The van der Waals surface area contributed by atoms with Crippen molar-refractivity contribution in [3.63, 3.8) is 0 Å². The number of carboxylic acid groups (broad SMARTS) is 2. The number of fused-ring (bicyclic) bond motifs is 1. The molecule has 0 aromatic carbocycles. The van der Waals surface area contributed by atoms with E-state index in [4.69, 9.17) is 0 Å². The lowest BCUT2D eigenvalue weighted by atomic mass is 9.73. The van der Waals surface area contributed by atoms with Crippen molar-refractivity contribution in [2.75, 3.05) is 6.54 Å². The van der Waals surface area contributed by atoms with E-state index in [1.807, 2.05) is 0 Å². The van der Waals surface area contributed by atoms with Gasteiger partial charge < -0.3 is 26.0 Å². The number of halogens is 1. The molecule has 6 atom stereocenters. The molecule has 1 saturated heterocycles. The smallest absolute Gasteiger partial charge is 0.330 e. The molecule has 3 rings (SSSR count). The van der Waals surface area contributed by atoms with Crippen molar-refractivity contribution in [3.05, 3.63) is 0 Å². The first-order chi connectivity index (χ1) is 9.91. The number of aliphatic carboxylic acids is 2. The summed E-state index contributed by atoms with van der Waals surface area (Å²) in [6.45, 7) is 0.308. The summed E-state index contributed by atoms with van der Waals surface area (Å²) in [5, 5.41) is 34.3. The molecule has 8 nitrogen and oxygen atoms in total. The van der Waals surface area contributed by atoms with Gasteiger partial charge >= 0.3 is 11.9 Å². The summed E-state index contributed by atoms with van der Waals surface area (Å²) >= 11 is 0. The van der Waals surface area contributed by atoms with Gasteiger partial charge in [0, 0.05) is 18.0 Å². The zero-order chi connectivity index (χ0) is 15.4. The number of aliphatic hydroxyl groups excluding tert-OH is 1. The Morgan fingerprint density at radius 2 is 2.00 bits per heavy atom. The number of hydrogen-bond acceptors (Lipinski definition) is 5. The van der Waals surface area contributed by atoms with Crippen LogP contribution >= 0.6 is 12.4 Å². The van der Waals surface area contributed by atoms with Crippen LogP contribution in [0, 0.1) is 17.3 Å². The molecule has 0 radical (unpaired) electrons. The second-order valence-corrected chi connectivity index (χ2v) is 6.22. The molecule has 1 heterocycles. The Bertz CT molecular complexity index is 517. The van der Waals surface area contributed by atoms with E-state index in [1.54, 1.807) is 0 Å². The van der Waals surface area contributed by atoms with E-state index < -0.39 is 41.0 Å². The van der Waals surface area contributed by atoms with Gasteiger partial charge in [0.2, 0.25) is 6.41 Å². The quantitative estimate of drug-likeness (QED) is 0.399. The van der Waals surface area contributed by atoms with Crippen LogP contribution in [0.3, 0.4) is 0 Å². The number of carbonyl (C=O) groups excluding carboxylic acids is 1. The summed E-state index contributed by atoms with van der Waals surface area (Å²) in [4.78, 5) is 34.3. The lowest BCUT2D eigenvalue weighted by molar-refractivity contribution is -0.152. The largest absolute Gasteiger partial charge is 0.481 e. The number of rotatable bonds is 5. The average molecular weight is 335 g/mol. The predicted octanol–water partition coefficient (Wildman–Crippen LogP) is -1.19. The average Bonchev–Trinajstić information content (AvgIpc) is 2.71. The number of hydrogen-bond donors (Lipinski definition) is 5. The summed E-state index contributed by atoms with van der Waals surface area (Å²) in [5.41, 5.74) is -2.65. The van der Waals surface area contributed by atoms with Gasteiger partial charge in [-0.15, -0.1) is 12.4 Å². The first kappa shape index (κ1) is 17.0. The highest BCUT2D eigenvalue weighted by molar-refractivity contribution is 5.89. The number of β-amino-alcohol motifs (C(OH)–C–C–N with tert-alkyl or cyclic N) is 1. The molecule has 3 fully saturated rings. The molecule has 0 aromatic rings. The van der Waals surface area contributed by atoms with E-state index in [2.05, 4.69) is 10.6 Å². The number of carbonyl (C=O) groups is 3. The van der Waals surface area contributed by atoms with Crippen LogP contribution in [0.5, 0.6) is 0 Å². The van der Waals surface area contributed by atoms with Gasteiger partial charge in [-0.3, -0.25) is 9.59 Å². The summed E-state index contributed by atoms with van der Waals surface area (Å²) < 4.78 is 0. The van der Waals surface area contributed by atoms with E-state index >= 15 is 0 Å². The van der Waals surface area contributed by atoms with Crippen molar-refractivity contribution in [1.82, 2.24) is 10.6 Å². The normalized spacial score (nSPS) is 45.5. The summed E-state index contributed by atoms with van der Waals surface area (Å²) in [6.07, 6.45) is 0.669. The predicted molar refractivity (Wildman–Crippen MR) is 75.5 cm³/mol. The maximum Gasteiger partial charge on any atom is 0.330 e. The molecule has 5 N–H and O–H groups in total. The van der Waals surface area contributed by atoms with E-state index in [-0.39, 0.29) is 24.7 Å². The SMILES string of the molecule is Cl.O=CN[C@@]1(C(=O)O)CC[C@@H]2C(C(=O)O)[C@]21[C@@H]1C[C@H](O)CN1. The van der Waals surface area contributed by atoms with Gasteiger partial charge in [0.15, 0.2) is 0 Å². The molecule has 1 aliphatic heterocycles. The minimum Gasteiger partial charge on any atom is -0.481 e. The van der Waals surface area contributed by atoms with Gasteiger partial charge in [0.05, 0.1) is 12.0 Å². The standard InChI is InChI=1S/C13H18N2O6.ClH/c16-5-15-12(11(20)21)2-1-7-9(10(18)19)13(7,12)8-3-6(17)4-14-8;/h5-9,14,17H,1-4H2,(H,15,16)(H,18,19)(H,20,21);1H/t6-,7+,8-,9?,12+,13+;/m0./s1. The van der Waals surface area contributed by atoms with Gasteiger partial charge in [0.25, 0.3) is 0 Å². The number of aliphatic hydroxyl groups is 1. The van der Waals surface area contributed by atoms with Crippen LogP contribution in [-0.2, 0) is 14.4 Å². The van der Waals surface area contributed by atoms with Crippen LogP contribution in [-0.4, -0.2) is 57.9 Å². The lowest BCUT2D eigenvalue weighted by Gasteiger charge is -2.38. The van der Waals surface area contributed by atoms with Gasteiger partial charge in [-0.05, 0) is 25.2 Å². The third kappa shape index (κ3) is 1.80. The van der Waals surface area contributed by atoms with Crippen molar-refractivity contribution < 1.29 is 29.7 Å². The lowest BCUT2D eigenvalue weighted by Crippen LogP contribution is -2.62. The molecule has 1 unspecified atom stereocenters. The van der Waals surface area contributed by atoms with Crippen molar-refractivity contribution in [2.24, 2.45) is 17.3 Å². The number of nitrogens with one attached hydrogen (secondary N) is 2.